The molecule has 0 aliphatic heterocycles. The van der Waals surface area contributed by atoms with E-state index in [2.05, 4.69) is 22.4 Å². The van der Waals surface area contributed by atoms with Crippen LogP contribution in [-0.2, 0) is 0 Å². The van der Waals surface area contributed by atoms with Gasteiger partial charge in [-0.1, -0.05) is 6.92 Å². The van der Waals surface area contributed by atoms with Gasteiger partial charge < -0.3 is 10.2 Å². The Hall–Kier alpha value is -2.16. The van der Waals surface area contributed by atoms with Gasteiger partial charge in [-0.2, -0.15) is 5.26 Å². The van der Waals surface area contributed by atoms with Crippen LogP contribution < -0.4 is 5.32 Å². The van der Waals surface area contributed by atoms with Gasteiger partial charge in [0.05, 0.1) is 12.5 Å². The first kappa shape index (κ1) is 14.9. The van der Waals surface area contributed by atoms with Crippen molar-refractivity contribution in [2.75, 3.05) is 25.0 Å². The number of hydrogen-bond acceptors (Lipinski definition) is 5. The third-order valence-corrected chi connectivity index (χ3v) is 2.60. The first-order valence-corrected chi connectivity index (χ1v) is 6.46. The molecule has 1 aromatic rings. The van der Waals surface area contributed by atoms with Crippen molar-refractivity contribution in [3.05, 3.63) is 17.8 Å². The summed E-state index contributed by atoms with van der Waals surface area (Å²) >= 11 is 0. The van der Waals surface area contributed by atoms with Crippen LogP contribution in [0.2, 0.25) is 0 Å². The molecule has 0 atom stereocenters. The minimum atomic E-state index is -0.188. The van der Waals surface area contributed by atoms with Gasteiger partial charge in [0.1, 0.15) is 5.82 Å². The van der Waals surface area contributed by atoms with E-state index >= 15 is 0 Å². The van der Waals surface area contributed by atoms with E-state index in [1.54, 1.807) is 17.0 Å². The molecular formula is C13H19N5O. The monoisotopic (exact) mass is 261 g/mol. The summed E-state index contributed by atoms with van der Waals surface area (Å²) in [6, 6.07) is 5.43. The van der Waals surface area contributed by atoms with Gasteiger partial charge in [-0.15, -0.1) is 10.2 Å². The Morgan fingerprint density at radius 1 is 1.42 bits per heavy atom. The zero-order chi connectivity index (χ0) is 14.1. The minimum absolute atomic E-state index is 0.188. The van der Waals surface area contributed by atoms with E-state index < -0.39 is 0 Å². The van der Waals surface area contributed by atoms with Crippen LogP contribution in [0.15, 0.2) is 12.1 Å². The summed E-state index contributed by atoms with van der Waals surface area (Å²) in [6.45, 7) is 5.74. The number of aromatic nitrogens is 2. The Morgan fingerprint density at radius 3 is 2.74 bits per heavy atom. The van der Waals surface area contributed by atoms with Crippen molar-refractivity contribution < 1.29 is 4.79 Å². The predicted molar refractivity (Wildman–Crippen MR) is 72.6 cm³/mol. The van der Waals surface area contributed by atoms with Crippen LogP contribution in [0, 0.1) is 11.3 Å². The van der Waals surface area contributed by atoms with Crippen molar-refractivity contribution in [1.82, 2.24) is 15.1 Å². The molecule has 0 radical (unpaired) electrons. The number of carbonyl (C=O) groups excluding carboxylic acids is 1. The smallest absolute Gasteiger partial charge is 0.274 e. The molecule has 1 amide bonds. The Labute approximate surface area is 113 Å². The highest BCUT2D eigenvalue weighted by atomic mass is 16.2. The third kappa shape index (κ3) is 4.54. The molecule has 0 aliphatic carbocycles. The molecule has 0 aliphatic rings. The number of rotatable bonds is 7. The van der Waals surface area contributed by atoms with Gasteiger partial charge in [-0.25, -0.2) is 0 Å². The summed E-state index contributed by atoms with van der Waals surface area (Å²) in [5.74, 6) is 0.478. The summed E-state index contributed by atoms with van der Waals surface area (Å²) < 4.78 is 0. The summed E-state index contributed by atoms with van der Waals surface area (Å²) in [7, 11) is 0. The maximum Gasteiger partial charge on any atom is 0.274 e. The number of nitrogens with zero attached hydrogens (tertiary/aromatic N) is 4. The van der Waals surface area contributed by atoms with Gasteiger partial charge in [0.15, 0.2) is 5.69 Å². The van der Waals surface area contributed by atoms with E-state index in [0.29, 0.717) is 31.0 Å². The van der Waals surface area contributed by atoms with Crippen molar-refractivity contribution >= 4 is 11.7 Å². The molecule has 0 saturated carbocycles. The second-order valence-corrected chi connectivity index (χ2v) is 4.02. The lowest BCUT2D eigenvalue weighted by Crippen LogP contribution is -2.32. The lowest BCUT2D eigenvalue weighted by atomic mass is 10.3. The third-order valence-electron chi connectivity index (χ3n) is 2.60. The van der Waals surface area contributed by atoms with Crippen LogP contribution in [-0.4, -0.2) is 40.6 Å². The van der Waals surface area contributed by atoms with E-state index in [1.165, 1.54) is 0 Å². The van der Waals surface area contributed by atoms with Crippen molar-refractivity contribution in [3.63, 3.8) is 0 Å². The van der Waals surface area contributed by atoms with Crippen LogP contribution in [0.25, 0.3) is 0 Å². The highest BCUT2D eigenvalue weighted by Crippen LogP contribution is 2.05. The molecule has 0 saturated heterocycles. The van der Waals surface area contributed by atoms with Crippen LogP contribution in [0.3, 0.4) is 0 Å². The van der Waals surface area contributed by atoms with E-state index in [4.69, 9.17) is 5.26 Å². The van der Waals surface area contributed by atoms with E-state index in [0.717, 1.165) is 13.0 Å². The zero-order valence-electron chi connectivity index (χ0n) is 11.4. The van der Waals surface area contributed by atoms with Gasteiger partial charge in [0.2, 0.25) is 0 Å². The van der Waals surface area contributed by atoms with Gasteiger partial charge in [0.25, 0.3) is 5.91 Å². The fourth-order valence-electron chi connectivity index (χ4n) is 1.54. The van der Waals surface area contributed by atoms with Gasteiger partial charge in [-0.05, 0) is 25.5 Å². The van der Waals surface area contributed by atoms with E-state index in [9.17, 15) is 4.79 Å². The Kier molecular flexibility index (Phi) is 6.30. The normalized spacial score (nSPS) is 9.74. The van der Waals surface area contributed by atoms with Crippen LogP contribution in [0.5, 0.6) is 0 Å². The fourth-order valence-corrected chi connectivity index (χ4v) is 1.54. The molecular weight excluding hydrogens is 242 g/mol. The molecule has 102 valence electrons. The first-order valence-electron chi connectivity index (χ1n) is 6.46. The average Bonchev–Trinajstić information content (AvgIpc) is 2.46. The van der Waals surface area contributed by atoms with Crippen LogP contribution in [0.4, 0.5) is 5.82 Å². The van der Waals surface area contributed by atoms with E-state index in [1.807, 2.05) is 13.0 Å². The van der Waals surface area contributed by atoms with Crippen molar-refractivity contribution in [2.45, 2.75) is 26.7 Å². The largest absolute Gasteiger partial charge is 0.369 e. The average molecular weight is 261 g/mol. The maximum absolute atomic E-state index is 12.1. The summed E-state index contributed by atoms with van der Waals surface area (Å²) in [5, 5.41) is 19.5. The van der Waals surface area contributed by atoms with E-state index in [-0.39, 0.29) is 5.91 Å². The zero-order valence-corrected chi connectivity index (χ0v) is 11.4. The van der Waals surface area contributed by atoms with Crippen molar-refractivity contribution in [1.29, 1.82) is 5.26 Å². The number of nitriles is 1. The summed E-state index contributed by atoms with van der Waals surface area (Å²) in [6.07, 6.45) is 1.32. The van der Waals surface area contributed by atoms with Gasteiger partial charge >= 0.3 is 0 Å². The van der Waals surface area contributed by atoms with Gasteiger partial charge in [0, 0.05) is 19.6 Å². The molecule has 6 heteroatoms. The topological polar surface area (TPSA) is 81.9 Å². The highest BCUT2D eigenvalue weighted by Gasteiger charge is 2.15. The Balaban J connectivity index is 2.68. The number of amides is 1. The second kappa shape index (κ2) is 8.03. The number of nitrogens with one attached hydrogen (secondary N) is 1. The lowest BCUT2D eigenvalue weighted by Gasteiger charge is -2.18. The number of carbonyl (C=O) groups is 1. The standard InChI is InChI=1S/C13H19N5O/c1-3-9-15-12-7-6-11(16-17-12)13(19)18(4-2)10-5-8-14/h6-7H,3-5,9-10H2,1-2H3,(H,15,17). The molecule has 6 nitrogen and oxygen atoms in total. The SMILES string of the molecule is CCCNc1ccc(C(=O)N(CC)CCC#N)nn1. The summed E-state index contributed by atoms with van der Waals surface area (Å²) in [5.41, 5.74) is 0.307. The van der Waals surface area contributed by atoms with Crippen LogP contribution >= 0.6 is 0 Å². The molecule has 0 aromatic carbocycles. The Morgan fingerprint density at radius 2 is 2.21 bits per heavy atom. The van der Waals surface area contributed by atoms with Crippen LogP contribution in [0.1, 0.15) is 37.2 Å². The molecule has 1 aromatic heterocycles. The minimum Gasteiger partial charge on any atom is -0.369 e. The Bertz CT molecular complexity index is 437. The molecule has 1 rings (SSSR count). The number of anilines is 1. The number of hydrogen-bond donors (Lipinski definition) is 1. The van der Waals surface area contributed by atoms with Gasteiger partial charge in [-0.3, -0.25) is 4.79 Å². The molecule has 1 heterocycles. The molecule has 0 unspecified atom stereocenters. The fraction of sp³-hybridized carbons (Fsp3) is 0.538. The van der Waals surface area contributed by atoms with Crippen molar-refractivity contribution in [3.8, 4) is 6.07 Å². The quantitative estimate of drug-likeness (QED) is 0.807. The molecule has 1 N–H and O–H groups in total. The molecule has 0 fully saturated rings. The molecule has 19 heavy (non-hydrogen) atoms. The van der Waals surface area contributed by atoms with Crippen molar-refractivity contribution in [2.24, 2.45) is 0 Å². The predicted octanol–water partition coefficient (Wildman–Crippen LogP) is 1.67. The molecule has 0 spiro atoms. The lowest BCUT2D eigenvalue weighted by molar-refractivity contribution is 0.0761. The second-order valence-electron chi connectivity index (χ2n) is 4.02. The maximum atomic E-state index is 12.1. The first-order chi connectivity index (χ1) is 9.22. The molecule has 0 bridgehead atoms. The highest BCUT2D eigenvalue weighted by molar-refractivity contribution is 5.92. The summed E-state index contributed by atoms with van der Waals surface area (Å²) in [4.78, 5) is 13.7.